The number of ether oxygens (including phenoxy) is 1. The van der Waals surface area contributed by atoms with Gasteiger partial charge in [-0.2, -0.15) is 0 Å². The van der Waals surface area contributed by atoms with Crippen molar-refractivity contribution in [3.63, 3.8) is 0 Å². The van der Waals surface area contributed by atoms with Gasteiger partial charge in [0, 0.05) is 0 Å². The van der Waals surface area contributed by atoms with Crippen LogP contribution in [0.5, 0.6) is 5.75 Å². The van der Waals surface area contributed by atoms with Crippen molar-refractivity contribution in [1.29, 1.82) is 0 Å². The van der Waals surface area contributed by atoms with E-state index in [9.17, 15) is 9.59 Å². The van der Waals surface area contributed by atoms with Crippen molar-refractivity contribution in [1.82, 2.24) is 5.32 Å². The number of hydrogen-bond donors (Lipinski definition) is 2. The summed E-state index contributed by atoms with van der Waals surface area (Å²) in [5, 5.41) is 5.89. The maximum absolute atomic E-state index is 13.0. The highest BCUT2D eigenvalue weighted by atomic mass is 16.5. The summed E-state index contributed by atoms with van der Waals surface area (Å²) >= 11 is 0. The Labute approximate surface area is 195 Å². The van der Waals surface area contributed by atoms with Gasteiger partial charge < -0.3 is 15.4 Å². The lowest BCUT2D eigenvalue weighted by molar-refractivity contribution is -0.122. The van der Waals surface area contributed by atoms with E-state index in [0.717, 1.165) is 30.6 Å². The van der Waals surface area contributed by atoms with Crippen molar-refractivity contribution >= 4 is 17.5 Å². The van der Waals surface area contributed by atoms with Crippen LogP contribution in [0.2, 0.25) is 0 Å². The lowest BCUT2D eigenvalue weighted by Crippen LogP contribution is -2.32. The fraction of sp³-hybridized carbons (Fsp3) is 0.286. The summed E-state index contributed by atoms with van der Waals surface area (Å²) in [5.41, 5.74) is 4.41. The summed E-state index contributed by atoms with van der Waals surface area (Å²) in [5.74, 6) is 0.241. The van der Waals surface area contributed by atoms with E-state index in [1.54, 1.807) is 31.2 Å². The summed E-state index contributed by atoms with van der Waals surface area (Å²) < 4.78 is 6.06. The quantitative estimate of drug-likeness (QED) is 0.510. The van der Waals surface area contributed by atoms with Crippen molar-refractivity contribution in [3.05, 3.63) is 95.1 Å². The molecule has 0 aliphatic heterocycles. The van der Waals surface area contributed by atoms with Gasteiger partial charge in [0.25, 0.3) is 11.8 Å². The van der Waals surface area contributed by atoms with Gasteiger partial charge in [0.1, 0.15) is 5.75 Å². The van der Waals surface area contributed by atoms with Gasteiger partial charge in [-0.3, -0.25) is 9.59 Å². The van der Waals surface area contributed by atoms with Gasteiger partial charge in [0.05, 0.1) is 17.3 Å². The van der Waals surface area contributed by atoms with E-state index >= 15 is 0 Å². The van der Waals surface area contributed by atoms with Crippen molar-refractivity contribution in [2.45, 2.75) is 51.7 Å². The number of aryl methyl sites for hydroxylation is 1. The van der Waals surface area contributed by atoms with E-state index in [1.807, 2.05) is 49.4 Å². The second-order valence-corrected chi connectivity index (χ2v) is 8.50. The van der Waals surface area contributed by atoms with Gasteiger partial charge in [-0.25, -0.2) is 0 Å². The molecule has 1 aliphatic carbocycles. The van der Waals surface area contributed by atoms with E-state index < -0.39 is 6.10 Å². The third-order valence-corrected chi connectivity index (χ3v) is 6.10. The zero-order valence-corrected chi connectivity index (χ0v) is 19.1. The second-order valence-electron chi connectivity index (χ2n) is 8.50. The van der Waals surface area contributed by atoms with Crippen LogP contribution in [-0.2, 0) is 17.6 Å². The molecule has 3 aromatic carbocycles. The average Bonchev–Trinajstić information content (AvgIpc) is 2.85. The highest BCUT2D eigenvalue weighted by Gasteiger charge is 2.22. The zero-order chi connectivity index (χ0) is 23.2. The maximum Gasteiger partial charge on any atom is 0.265 e. The van der Waals surface area contributed by atoms with E-state index in [-0.39, 0.29) is 17.9 Å². The predicted octanol–water partition coefficient (Wildman–Crippen LogP) is 5.46. The van der Waals surface area contributed by atoms with E-state index in [2.05, 4.69) is 16.7 Å². The monoisotopic (exact) mass is 442 g/mol. The average molecular weight is 443 g/mol. The molecule has 0 spiro atoms. The van der Waals surface area contributed by atoms with Crippen LogP contribution in [0.1, 0.15) is 59.8 Å². The molecule has 3 aromatic rings. The fourth-order valence-corrected chi connectivity index (χ4v) is 4.22. The molecule has 0 fully saturated rings. The van der Waals surface area contributed by atoms with Crippen LogP contribution in [0.4, 0.5) is 5.69 Å². The topological polar surface area (TPSA) is 67.4 Å². The highest BCUT2D eigenvalue weighted by Crippen LogP contribution is 2.30. The first-order chi connectivity index (χ1) is 16.0. The van der Waals surface area contributed by atoms with Crippen LogP contribution in [0.15, 0.2) is 72.8 Å². The first-order valence-corrected chi connectivity index (χ1v) is 11.6. The number of para-hydroxylation sites is 1. The first-order valence-electron chi connectivity index (χ1n) is 11.6. The molecule has 5 nitrogen and oxygen atoms in total. The Kier molecular flexibility index (Phi) is 7.08. The normalized spacial score (nSPS) is 14.5. The fourth-order valence-electron chi connectivity index (χ4n) is 4.22. The number of nitrogens with one attached hydrogen (secondary N) is 2. The number of anilines is 1. The van der Waals surface area contributed by atoms with E-state index in [1.165, 1.54) is 17.5 Å². The minimum Gasteiger partial charge on any atom is -0.481 e. The number of carbonyl (C=O) groups excluding carboxylic acids is 2. The molecule has 0 bridgehead atoms. The van der Waals surface area contributed by atoms with Gasteiger partial charge in [0.15, 0.2) is 6.10 Å². The molecule has 0 heterocycles. The summed E-state index contributed by atoms with van der Waals surface area (Å²) in [4.78, 5) is 25.9. The minimum atomic E-state index is -0.696. The molecule has 2 N–H and O–H groups in total. The minimum absolute atomic E-state index is 0.158. The van der Waals surface area contributed by atoms with E-state index in [4.69, 9.17) is 4.74 Å². The summed E-state index contributed by atoms with van der Waals surface area (Å²) in [6.07, 6.45) is 3.66. The Bertz CT molecular complexity index is 1130. The molecular formula is C28H30N2O3. The molecule has 1 aliphatic rings. The SMILES string of the molecule is C[C@H](Oc1cccc2c1CCCC2)C(=O)Nc1ccccc1C(=O)N[C@@H](C)c1ccccc1. The Morgan fingerprint density at radius 1 is 0.848 bits per heavy atom. The number of rotatable bonds is 7. The molecule has 5 heteroatoms. The van der Waals surface area contributed by atoms with Gasteiger partial charge in [-0.15, -0.1) is 0 Å². The maximum atomic E-state index is 13.0. The van der Waals surface area contributed by atoms with Crippen LogP contribution >= 0.6 is 0 Å². The number of benzene rings is 3. The number of hydrogen-bond acceptors (Lipinski definition) is 3. The lowest BCUT2D eigenvalue weighted by Gasteiger charge is -2.22. The third kappa shape index (κ3) is 5.43. The third-order valence-electron chi connectivity index (χ3n) is 6.10. The van der Waals surface area contributed by atoms with Crippen LogP contribution < -0.4 is 15.4 Å². The van der Waals surface area contributed by atoms with Gasteiger partial charge in [-0.05, 0) is 74.4 Å². The Morgan fingerprint density at radius 3 is 2.39 bits per heavy atom. The number of fused-ring (bicyclic) bond motifs is 1. The largest absolute Gasteiger partial charge is 0.481 e. The Morgan fingerprint density at radius 2 is 1.58 bits per heavy atom. The Balaban J connectivity index is 1.44. The molecule has 2 atom stereocenters. The van der Waals surface area contributed by atoms with Crippen LogP contribution in [-0.4, -0.2) is 17.9 Å². The summed E-state index contributed by atoms with van der Waals surface area (Å²) in [6.45, 7) is 3.67. The molecule has 170 valence electrons. The van der Waals surface area contributed by atoms with Gasteiger partial charge in [-0.1, -0.05) is 54.6 Å². The molecule has 0 unspecified atom stereocenters. The molecule has 0 saturated carbocycles. The molecule has 2 amide bonds. The van der Waals surface area contributed by atoms with Gasteiger partial charge >= 0.3 is 0 Å². The summed E-state index contributed by atoms with van der Waals surface area (Å²) in [7, 11) is 0. The predicted molar refractivity (Wildman–Crippen MR) is 131 cm³/mol. The van der Waals surface area contributed by atoms with Crippen molar-refractivity contribution in [2.24, 2.45) is 0 Å². The first kappa shape index (κ1) is 22.6. The Hall–Kier alpha value is -3.60. The lowest BCUT2D eigenvalue weighted by atomic mass is 9.91. The molecule has 0 radical (unpaired) electrons. The standard InChI is InChI=1S/C28H30N2O3/c1-19(21-11-4-3-5-12-21)29-28(32)24-16-8-9-17-25(24)30-27(31)20(2)33-26-18-10-14-22-13-6-7-15-23(22)26/h3-5,8-12,14,16-20H,6-7,13,15H2,1-2H3,(H,29,32)(H,30,31)/t19-,20-/m0/s1. The molecule has 0 aromatic heterocycles. The molecular weight excluding hydrogens is 412 g/mol. The molecule has 4 rings (SSSR count). The molecule has 33 heavy (non-hydrogen) atoms. The van der Waals surface area contributed by atoms with E-state index in [0.29, 0.717) is 11.3 Å². The summed E-state index contributed by atoms with van der Waals surface area (Å²) in [6, 6.07) is 22.7. The van der Waals surface area contributed by atoms with Crippen molar-refractivity contribution in [2.75, 3.05) is 5.32 Å². The van der Waals surface area contributed by atoms with Crippen LogP contribution in [0.25, 0.3) is 0 Å². The smallest absolute Gasteiger partial charge is 0.265 e. The number of carbonyl (C=O) groups is 2. The van der Waals surface area contributed by atoms with Crippen LogP contribution in [0.3, 0.4) is 0 Å². The number of amides is 2. The van der Waals surface area contributed by atoms with Gasteiger partial charge in [0.2, 0.25) is 0 Å². The van der Waals surface area contributed by atoms with Crippen molar-refractivity contribution in [3.8, 4) is 5.75 Å². The molecule has 0 saturated heterocycles. The van der Waals surface area contributed by atoms with Crippen molar-refractivity contribution < 1.29 is 14.3 Å². The highest BCUT2D eigenvalue weighted by molar-refractivity contribution is 6.04. The zero-order valence-electron chi connectivity index (χ0n) is 19.1. The second kappa shape index (κ2) is 10.3. The van der Waals surface area contributed by atoms with Crippen LogP contribution in [0, 0.1) is 0 Å².